The lowest BCUT2D eigenvalue weighted by molar-refractivity contribution is -0.121. The van der Waals surface area contributed by atoms with Gasteiger partial charge in [-0.05, 0) is 25.0 Å². The number of rotatable bonds is 2. The first-order chi connectivity index (χ1) is 6.85. The Bertz CT molecular complexity index is 283. The van der Waals surface area contributed by atoms with Crippen LogP contribution in [-0.2, 0) is 9.53 Å². The molecular formula is C11H15NO2. The molecule has 3 heteroatoms. The molecule has 0 bridgehead atoms. The molecule has 0 aromatic carbocycles. The molecule has 0 aromatic rings. The number of likely N-dealkylation sites (tertiary alicyclic amines) is 1. The maximum atomic E-state index is 10.8. The Kier molecular flexibility index (Phi) is 2.57. The third kappa shape index (κ3) is 1.54. The fourth-order valence-electron chi connectivity index (χ4n) is 2.23. The Labute approximate surface area is 84.0 Å². The summed E-state index contributed by atoms with van der Waals surface area (Å²) in [6, 6.07) is 0.250. The Balaban J connectivity index is 2.15. The van der Waals surface area contributed by atoms with Crippen molar-refractivity contribution in [3.05, 3.63) is 24.0 Å². The zero-order chi connectivity index (χ0) is 9.97. The highest BCUT2D eigenvalue weighted by Crippen LogP contribution is 2.29. The number of amides is 1. The van der Waals surface area contributed by atoms with Gasteiger partial charge in [0.25, 0.3) is 0 Å². The quantitative estimate of drug-likeness (QED) is 0.619. The van der Waals surface area contributed by atoms with E-state index >= 15 is 0 Å². The monoisotopic (exact) mass is 193 g/mol. The van der Waals surface area contributed by atoms with Gasteiger partial charge in [0.1, 0.15) is 5.76 Å². The van der Waals surface area contributed by atoms with Gasteiger partial charge in [-0.15, -0.1) is 0 Å². The standard InChI is InChI=1S/C11H15NO2/c1-14-10-4-5-11-9(7-10)3-2-6-12(11)8-13/h4-5,7-9,11H,2-3,6H2,1H3. The molecular weight excluding hydrogens is 178 g/mol. The smallest absolute Gasteiger partial charge is 0.210 e. The van der Waals surface area contributed by atoms with Gasteiger partial charge in [0.15, 0.2) is 0 Å². The van der Waals surface area contributed by atoms with Crippen LogP contribution in [0.1, 0.15) is 12.8 Å². The van der Waals surface area contributed by atoms with Gasteiger partial charge in [-0.2, -0.15) is 0 Å². The van der Waals surface area contributed by atoms with Gasteiger partial charge in [-0.3, -0.25) is 4.79 Å². The van der Waals surface area contributed by atoms with Crippen LogP contribution in [0.25, 0.3) is 0 Å². The molecule has 2 aliphatic rings. The molecule has 0 N–H and O–H groups in total. The zero-order valence-electron chi connectivity index (χ0n) is 8.35. The molecule has 1 aliphatic heterocycles. The summed E-state index contributed by atoms with van der Waals surface area (Å²) in [6.45, 7) is 0.880. The maximum Gasteiger partial charge on any atom is 0.210 e. The van der Waals surface area contributed by atoms with Crippen LogP contribution >= 0.6 is 0 Å². The number of fused-ring (bicyclic) bond motifs is 1. The molecule has 1 aliphatic carbocycles. The number of methoxy groups -OCH3 is 1. The minimum absolute atomic E-state index is 0.250. The van der Waals surface area contributed by atoms with Gasteiger partial charge in [0.2, 0.25) is 6.41 Å². The summed E-state index contributed by atoms with van der Waals surface area (Å²) in [7, 11) is 1.68. The molecule has 76 valence electrons. The van der Waals surface area contributed by atoms with Crippen molar-refractivity contribution in [3.63, 3.8) is 0 Å². The number of hydrogen-bond donors (Lipinski definition) is 0. The average Bonchev–Trinajstić information content (AvgIpc) is 2.27. The lowest BCUT2D eigenvalue weighted by atomic mass is 9.86. The predicted molar refractivity (Wildman–Crippen MR) is 53.5 cm³/mol. The van der Waals surface area contributed by atoms with Crippen LogP contribution in [0, 0.1) is 5.92 Å². The van der Waals surface area contributed by atoms with E-state index < -0.39 is 0 Å². The molecule has 1 saturated heterocycles. The van der Waals surface area contributed by atoms with Crippen LogP contribution in [0.2, 0.25) is 0 Å². The van der Waals surface area contributed by atoms with Crippen molar-refractivity contribution in [2.75, 3.05) is 13.7 Å². The largest absolute Gasteiger partial charge is 0.497 e. The van der Waals surface area contributed by atoms with Crippen molar-refractivity contribution in [2.45, 2.75) is 18.9 Å². The van der Waals surface area contributed by atoms with E-state index in [1.54, 1.807) is 7.11 Å². The van der Waals surface area contributed by atoms with Crippen LogP contribution in [0.3, 0.4) is 0 Å². The number of hydrogen-bond acceptors (Lipinski definition) is 2. The van der Waals surface area contributed by atoms with Crippen LogP contribution in [0.5, 0.6) is 0 Å². The van der Waals surface area contributed by atoms with Gasteiger partial charge >= 0.3 is 0 Å². The van der Waals surface area contributed by atoms with Crippen molar-refractivity contribution >= 4 is 6.41 Å². The number of carbonyl (C=O) groups is 1. The van der Waals surface area contributed by atoms with Crippen LogP contribution in [0.4, 0.5) is 0 Å². The highest BCUT2D eigenvalue weighted by molar-refractivity contribution is 5.49. The SMILES string of the molecule is COC1=CC2CCCN(C=O)C2C=C1. The lowest BCUT2D eigenvalue weighted by Gasteiger charge is -2.37. The van der Waals surface area contributed by atoms with E-state index in [0.29, 0.717) is 5.92 Å². The third-order valence-electron chi connectivity index (χ3n) is 2.98. The molecule has 1 fully saturated rings. The van der Waals surface area contributed by atoms with Crippen molar-refractivity contribution in [1.82, 2.24) is 4.90 Å². The third-order valence-corrected chi connectivity index (χ3v) is 2.98. The summed E-state index contributed by atoms with van der Waals surface area (Å²) in [5, 5.41) is 0. The Morgan fingerprint density at radius 2 is 2.50 bits per heavy atom. The highest BCUT2D eigenvalue weighted by Gasteiger charge is 2.29. The van der Waals surface area contributed by atoms with E-state index in [2.05, 4.69) is 12.2 Å². The lowest BCUT2D eigenvalue weighted by Crippen LogP contribution is -2.43. The molecule has 2 rings (SSSR count). The molecule has 2 unspecified atom stereocenters. The van der Waals surface area contributed by atoms with E-state index in [-0.39, 0.29) is 6.04 Å². The van der Waals surface area contributed by atoms with Crippen LogP contribution in [-0.4, -0.2) is 31.0 Å². The van der Waals surface area contributed by atoms with E-state index in [1.807, 2.05) is 11.0 Å². The van der Waals surface area contributed by atoms with Gasteiger partial charge in [0.05, 0.1) is 13.2 Å². The Morgan fingerprint density at radius 1 is 1.64 bits per heavy atom. The Hall–Kier alpha value is -1.25. The summed E-state index contributed by atoms with van der Waals surface area (Å²) < 4.78 is 5.18. The number of piperidine rings is 1. The van der Waals surface area contributed by atoms with Crippen molar-refractivity contribution in [1.29, 1.82) is 0 Å². The summed E-state index contributed by atoms with van der Waals surface area (Å²) in [4.78, 5) is 12.7. The number of allylic oxidation sites excluding steroid dienone is 1. The minimum atomic E-state index is 0.250. The summed E-state index contributed by atoms with van der Waals surface area (Å²) >= 11 is 0. The fourth-order valence-corrected chi connectivity index (χ4v) is 2.23. The molecule has 3 nitrogen and oxygen atoms in total. The zero-order valence-corrected chi connectivity index (χ0v) is 8.35. The second kappa shape index (κ2) is 3.86. The highest BCUT2D eigenvalue weighted by atomic mass is 16.5. The van der Waals surface area contributed by atoms with Gasteiger partial charge in [-0.25, -0.2) is 0 Å². The second-order valence-corrected chi connectivity index (χ2v) is 3.77. The molecule has 0 radical (unpaired) electrons. The number of nitrogens with zero attached hydrogens (tertiary/aromatic N) is 1. The minimum Gasteiger partial charge on any atom is -0.497 e. The van der Waals surface area contributed by atoms with Crippen molar-refractivity contribution in [2.24, 2.45) is 5.92 Å². The molecule has 14 heavy (non-hydrogen) atoms. The number of carbonyl (C=O) groups excluding carboxylic acids is 1. The molecule has 1 amide bonds. The molecule has 0 spiro atoms. The first-order valence-corrected chi connectivity index (χ1v) is 5.00. The van der Waals surface area contributed by atoms with E-state index in [1.165, 1.54) is 0 Å². The summed E-state index contributed by atoms with van der Waals surface area (Å²) in [5.41, 5.74) is 0. The van der Waals surface area contributed by atoms with Gasteiger partial charge in [-0.1, -0.05) is 6.08 Å². The van der Waals surface area contributed by atoms with E-state index in [9.17, 15) is 4.79 Å². The maximum absolute atomic E-state index is 10.8. The molecule has 0 saturated carbocycles. The topological polar surface area (TPSA) is 29.5 Å². The summed E-state index contributed by atoms with van der Waals surface area (Å²) in [5.74, 6) is 1.35. The van der Waals surface area contributed by atoms with E-state index in [4.69, 9.17) is 4.74 Å². The van der Waals surface area contributed by atoms with Gasteiger partial charge in [0, 0.05) is 12.5 Å². The second-order valence-electron chi connectivity index (χ2n) is 3.77. The summed E-state index contributed by atoms with van der Waals surface area (Å²) in [6.07, 6.45) is 9.32. The molecule has 0 aromatic heterocycles. The van der Waals surface area contributed by atoms with Crippen molar-refractivity contribution in [3.8, 4) is 0 Å². The predicted octanol–water partition coefficient (Wildman–Crippen LogP) is 1.32. The normalized spacial score (nSPS) is 30.6. The Morgan fingerprint density at radius 3 is 3.21 bits per heavy atom. The fraction of sp³-hybridized carbons (Fsp3) is 0.545. The first-order valence-electron chi connectivity index (χ1n) is 5.00. The van der Waals surface area contributed by atoms with Crippen LogP contribution < -0.4 is 0 Å². The van der Waals surface area contributed by atoms with E-state index in [0.717, 1.165) is 31.6 Å². The van der Waals surface area contributed by atoms with Crippen LogP contribution in [0.15, 0.2) is 24.0 Å². The first kappa shape index (κ1) is 9.31. The number of ether oxygens (including phenoxy) is 1. The average molecular weight is 193 g/mol. The molecule has 2 atom stereocenters. The van der Waals surface area contributed by atoms with Crippen molar-refractivity contribution < 1.29 is 9.53 Å². The van der Waals surface area contributed by atoms with Gasteiger partial charge < -0.3 is 9.64 Å². The molecule has 1 heterocycles.